The minimum atomic E-state index is -0.888. The molecule has 0 aromatic heterocycles. The molecule has 0 radical (unpaired) electrons. The van der Waals surface area contributed by atoms with Crippen LogP contribution in [0.1, 0.15) is 39.5 Å². The molecule has 1 rings (SSSR count). The van der Waals surface area contributed by atoms with Crippen molar-refractivity contribution >= 4 is 11.9 Å². The summed E-state index contributed by atoms with van der Waals surface area (Å²) in [5.41, 5.74) is -0.498. The molecule has 0 unspecified atom stereocenters. The van der Waals surface area contributed by atoms with Crippen molar-refractivity contribution < 1.29 is 29.3 Å². The van der Waals surface area contributed by atoms with Gasteiger partial charge in [0.1, 0.15) is 0 Å². The Kier molecular flexibility index (Phi) is 5.75. The molecule has 0 amide bonds. The highest BCUT2D eigenvalue weighted by atomic mass is 16.7. The Morgan fingerprint density at radius 2 is 1.53 bits per heavy atom. The van der Waals surface area contributed by atoms with Crippen LogP contribution in [0.5, 0.6) is 0 Å². The van der Waals surface area contributed by atoms with Crippen molar-refractivity contribution in [1.29, 1.82) is 0 Å². The normalized spacial score (nSPS) is 19.5. The molecule has 0 aliphatic carbocycles. The van der Waals surface area contributed by atoms with Crippen LogP contribution in [-0.4, -0.2) is 41.7 Å². The van der Waals surface area contributed by atoms with E-state index in [-0.39, 0.29) is 25.0 Å². The highest BCUT2D eigenvalue weighted by Gasteiger charge is 2.38. The van der Waals surface area contributed by atoms with Crippen molar-refractivity contribution in [3.05, 3.63) is 0 Å². The average Bonchev–Trinajstić information content (AvgIpc) is 2.35. The number of hydrogen-bond acceptors (Lipinski definition) is 4. The topological polar surface area (TPSA) is 93.1 Å². The third-order valence-corrected chi connectivity index (χ3v) is 3.39. The van der Waals surface area contributed by atoms with Crippen LogP contribution in [0.3, 0.4) is 0 Å². The Morgan fingerprint density at radius 3 is 1.84 bits per heavy atom. The molecule has 1 heterocycles. The van der Waals surface area contributed by atoms with Crippen LogP contribution < -0.4 is 0 Å². The maximum atomic E-state index is 10.7. The van der Waals surface area contributed by atoms with E-state index in [1.54, 1.807) is 0 Å². The van der Waals surface area contributed by atoms with Gasteiger partial charge in [0.2, 0.25) is 0 Å². The smallest absolute Gasteiger partial charge is 0.303 e. The number of ether oxygens (including phenoxy) is 2. The monoisotopic (exact) mass is 274 g/mol. The molecule has 0 aromatic carbocycles. The molecule has 0 saturated carbocycles. The molecule has 1 saturated heterocycles. The van der Waals surface area contributed by atoms with Crippen LogP contribution in [0.25, 0.3) is 0 Å². The zero-order valence-corrected chi connectivity index (χ0v) is 11.4. The lowest BCUT2D eigenvalue weighted by Gasteiger charge is -2.41. The van der Waals surface area contributed by atoms with E-state index in [2.05, 4.69) is 0 Å². The summed E-state index contributed by atoms with van der Waals surface area (Å²) in [6.07, 6.45) is 0.459. The first-order valence-corrected chi connectivity index (χ1v) is 6.51. The van der Waals surface area contributed by atoms with Crippen molar-refractivity contribution in [2.24, 2.45) is 11.3 Å². The van der Waals surface area contributed by atoms with E-state index in [0.29, 0.717) is 26.1 Å². The molecule has 0 bridgehead atoms. The van der Waals surface area contributed by atoms with Crippen LogP contribution in [0, 0.1) is 11.3 Å². The maximum Gasteiger partial charge on any atom is 0.303 e. The molecule has 19 heavy (non-hydrogen) atoms. The Labute approximate surface area is 112 Å². The van der Waals surface area contributed by atoms with Crippen molar-refractivity contribution in [3.8, 4) is 0 Å². The summed E-state index contributed by atoms with van der Waals surface area (Å²) in [6, 6.07) is 0. The van der Waals surface area contributed by atoms with Crippen molar-refractivity contribution in [3.63, 3.8) is 0 Å². The van der Waals surface area contributed by atoms with Gasteiger partial charge in [-0.2, -0.15) is 0 Å². The minimum absolute atomic E-state index is 0.00131. The second kappa shape index (κ2) is 6.86. The van der Waals surface area contributed by atoms with Crippen LogP contribution in [0.15, 0.2) is 0 Å². The minimum Gasteiger partial charge on any atom is -0.481 e. The molecule has 1 aliphatic heterocycles. The van der Waals surface area contributed by atoms with Gasteiger partial charge in [0, 0.05) is 24.2 Å². The van der Waals surface area contributed by atoms with Gasteiger partial charge in [-0.15, -0.1) is 0 Å². The maximum absolute atomic E-state index is 10.7. The van der Waals surface area contributed by atoms with Gasteiger partial charge in [0.25, 0.3) is 0 Å². The fourth-order valence-corrected chi connectivity index (χ4v) is 2.15. The number of carboxylic acids is 2. The molecule has 6 nitrogen and oxygen atoms in total. The first-order chi connectivity index (χ1) is 8.84. The summed E-state index contributed by atoms with van der Waals surface area (Å²) in [7, 11) is 0. The van der Waals surface area contributed by atoms with Gasteiger partial charge in [-0.05, 0) is 12.8 Å². The number of hydrogen-bond donors (Lipinski definition) is 2. The Hall–Kier alpha value is -1.14. The van der Waals surface area contributed by atoms with Crippen LogP contribution in [0.4, 0.5) is 0 Å². The lowest BCUT2D eigenvalue weighted by molar-refractivity contribution is -0.249. The predicted molar refractivity (Wildman–Crippen MR) is 66.7 cm³/mol. The van der Waals surface area contributed by atoms with Gasteiger partial charge in [0.05, 0.1) is 13.2 Å². The van der Waals surface area contributed by atoms with Gasteiger partial charge in [-0.1, -0.05) is 13.8 Å². The second-order valence-electron chi connectivity index (χ2n) is 5.52. The molecule has 1 fully saturated rings. The number of carbonyl (C=O) groups is 2. The van der Waals surface area contributed by atoms with Crippen molar-refractivity contribution in [2.45, 2.75) is 45.8 Å². The Balaban J connectivity index is 2.60. The first-order valence-electron chi connectivity index (χ1n) is 6.51. The molecule has 1 aliphatic rings. The lowest BCUT2D eigenvalue weighted by atomic mass is 9.79. The summed E-state index contributed by atoms with van der Waals surface area (Å²) in [5, 5.41) is 17.6. The third-order valence-electron chi connectivity index (χ3n) is 3.39. The number of aliphatic carboxylic acids is 2. The Morgan fingerprint density at radius 1 is 1.11 bits per heavy atom. The number of carboxylic acid groups (broad SMARTS) is 2. The van der Waals surface area contributed by atoms with Gasteiger partial charge >= 0.3 is 11.9 Å². The van der Waals surface area contributed by atoms with Gasteiger partial charge in [-0.25, -0.2) is 0 Å². The molecule has 0 spiro atoms. The molecule has 110 valence electrons. The van der Waals surface area contributed by atoms with Gasteiger partial charge < -0.3 is 19.7 Å². The molecule has 2 N–H and O–H groups in total. The van der Waals surface area contributed by atoms with E-state index in [4.69, 9.17) is 19.7 Å². The quantitative estimate of drug-likeness (QED) is 0.734. The SMILES string of the molecule is CC(C)C1OCC(CCC(=O)O)(CCC(=O)O)CO1. The van der Waals surface area contributed by atoms with Crippen LogP contribution >= 0.6 is 0 Å². The highest BCUT2D eigenvalue weighted by molar-refractivity contribution is 5.67. The second-order valence-corrected chi connectivity index (χ2v) is 5.52. The van der Waals surface area contributed by atoms with Gasteiger partial charge in [-0.3, -0.25) is 9.59 Å². The fraction of sp³-hybridized carbons (Fsp3) is 0.846. The van der Waals surface area contributed by atoms with E-state index in [1.165, 1.54) is 0 Å². The fourth-order valence-electron chi connectivity index (χ4n) is 2.15. The van der Waals surface area contributed by atoms with E-state index >= 15 is 0 Å². The first kappa shape index (κ1) is 15.9. The standard InChI is InChI=1S/C13H22O6/c1-9(2)12-18-7-13(8-19-12,5-3-10(14)15)6-4-11(16)17/h9,12H,3-8H2,1-2H3,(H,14,15)(H,16,17). The molecule has 0 atom stereocenters. The summed E-state index contributed by atoms with van der Waals surface area (Å²) in [4.78, 5) is 21.4. The summed E-state index contributed by atoms with van der Waals surface area (Å²) >= 11 is 0. The van der Waals surface area contributed by atoms with E-state index in [0.717, 1.165) is 0 Å². The number of rotatable bonds is 7. The molecular formula is C13H22O6. The van der Waals surface area contributed by atoms with Gasteiger partial charge in [0.15, 0.2) is 6.29 Å². The summed E-state index contributed by atoms with van der Waals surface area (Å²) in [6.45, 7) is 4.67. The molecule has 6 heteroatoms. The lowest BCUT2D eigenvalue weighted by Crippen LogP contribution is -2.44. The van der Waals surface area contributed by atoms with Crippen molar-refractivity contribution in [1.82, 2.24) is 0 Å². The molecule has 0 aromatic rings. The van der Waals surface area contributed by atoms with Crippen molar-refractivity contribution in [2.75, 3.05) is 13.2 Å². The van der Waals surface area contributed by atoms with E-state index in [9.17, 15) is 9.59 Å². The highest BCUT2D eigenvalue weighted by Crippen LogP contribution is 2.36. The predicted octanol–water partition coefficient (Wildman–Crippen LogP) is 1.73. The van der Waals surface area contributed by atoms with E-state index in [1.807, 2.05) is 13.8 Å². The average molecular weight is 274 g/mol. The zero-order chi connectivity index (χ0) is 14.5. The third kappa shape index (κ3) is 5.16. The van der Waals surface area contributed by atoms with Crippen LogP contribution in [0.2, 0.25) is 0 Å². The van der Waals surface area contributed by atoms with E-state index < -0.39 is 17.4 Å². The Bertz CT molecular complexity index is 297. The summed E-state index contributed by atoms with van der Waals surface area (Å²) in [5.74, 6) is -1.56. The van der Waals surface area contributed by atoms with Crippen LogP contribution in [-0.2, 0) is 19.1 Å². The zero-order valence-electron chi connectivity index (χ0n) is 11.4. The molecular weight excluding hydrogens is 252 g/mol. The largest absolute Gasteiger partial charge is 0.481 e. The summed E-state index contributed by atoms with van der Waals surface area (Å²) < 4.78 is 11.2.